The highest BCUT2D eigenvalue weighted by atomic mass is 15.1. The molecule has 0 aliphatic carbocycles. The van der Waals surface area contributed by atoms with Crippen molar-refractivity contribution in [1.82, 2.24) is 14.9 Å². The first-order valence-corrected chi connectivity index (χ1v) is 6.56. The van der Waals surface area contributed by atoms with Crippen molar-refractivity contribution in [1.29, 1.82) is 0 Å². The van der Waals surface area contributed by atoms with E-state index < -0.39 is 0 Å². The Kier molecular flexibility index (Phi) is 2.92. The lowest BCUT2D eigenvalue weighted by molar-refractivity contribution is 0.600. The molecule has 0 atom stereocenters. The van der Waals surface area contributed by atoms with Crippen LogP contribution in [0.2, 0.25) is 0 Å². The summed E-state index contributed by atoms with van der Waals surface area (Å²) < 4.78 is 2.37. The van der Waals surface area contributed by atoms with Gasteiger partial charge in [-0.2, -0.15) is 0 Å². The summed E-state index contributed by atoms with van der Waals surface area (Å²) in [6, 6.07) is 8.60. The van der Waals surface area contributed by atoms with Gasteiger partial charge in [-0.25, -0.2) is 4.98 Å². The Morgan fingerprint density at radius 1 is 1.28 bits per heavy atom. The lowest BCUT2D eigenvalue weighted by Crippen LogP contribution is -2.25. The Balaban J connectivity index is 1.98. The molecule has 0 saturated heterocycles. The maximum absolute atomic E-state index is 4.68. The highest BCUT2D eigenvalue weighted by Gasteiger charge is 2.17. The van der Waals surface area contributed by atoms with Crippen molar-refractivity contribution in [3.05, 3.63) is 52.6 Å². The smallest absolute Gasteiger partial charge is 0.106 e. The highest BCUT2D eigenvalue weighted by Crippen LogP contribution is 2.18. The molecule has 1 aromatic carbocycles. The second-order valence-corrected chi connectivity index (χ2v) is 4.99. The number of nitrogens with one attached hydrogen (secondary N) is 1. The first-order valence-electron chi connectivity index (χ1n) is 6.56. The molecule has 18 heavy (non-hydrogen) atoms. The van der Waals surface area contributed by atoms with Gasteiger partial charge in [-0.05, 0) is 25.0 Å². The summed E-state index contributed by atoms with van der Waals surface area (Å²) in [5, 5.41) is 3.38. The van der Waals surface area contributed by atoms with Gasteiger partial charge in [0.1, 0.15) is 5.82 Å². The van der Waals surface area contributed by atoms with Gasteiger partial charge in [-0.3, -0.25) is 0 Å². The minimum Gasteiger partial charge on any atom is -0.327 e. The number of aromatic nitrogens is 2. The maximum Gasteiger partial charge on any atom is 0.106 e. The summed E-state index contributed by atoms with van der Waals surface area (Å²) in [6.45, 7) is 7.20. The van der Waals surface area contributed by atoms with Crippen molar-refractivity contribution in [3.8, 4) is 0 Å². The zero-order valence-corrected chi connectivity index (χ0v) is 11.0. The van der Waals surface area contributed by atoms with E-state index in [9.17, 15) is 0 Å². The quantitative estimate of drug-likeness (QED) is 0.873. The minimum atomic E-state index is 0.914. The number of hydrogen-bond acceptors (Lipinski definition) is 2. The molecule has 2 heterocycles. The number of imidazole rings is 1. The van der Waals surface area contributed by atoms with Crippen LogP contribution in [-0.2, 0) is 19.5 Å². The van der Waals surface area contributed by atoms with Crippen molar-refractivity contribution < 1.29 is 0 Å². The zero-order chi connectivity index (χ0) is 12.5. The van der Waals surface area contributed by atoms with Crippen LogP contribution >= 0.6 is 0 Å². The lowest BCUT2D eigenvalue weighted by atomic mass is 10.1. The number of rotatable bonds is 2. The molecule has 0 saturated carbocycles. The van der Waals surface area contributed by atoms with Crippen molar-refractivity contribution in [2.75, 3.05) is 6.54 Å². The van der Waals surface area contributed by atoms with Crippen LogP contribution in [0, 0.1) is 13.8 Å². The number of benzene rings is 1. The molecule has 0 unspecified atom stereocenters. The second kappa shape index (κ2) is 4.58. The van der Waals surface area contributed by atoms with Gasteiger partial charge in [0.05, 0.1) is 5.69 Å². The fraction of sp³-hybridized carbons (Fsp3) is 0.400. The van der Waals surface area contributed by atoms with Crippen molar-refractivity contribution in [2.45, 2.75) is 33.4 Å². The third-order valence-electron chi connectivity index (χ3n) is 3.77. The standard InChI is InChI=1S/C15H19N3/c1-11-5-3-4-6-13(11)10-18-12(2)17-14-9-16-8-7-15(14)18/h3-6,16H,7-10H2,1-2H3. The third-order valence-corrected chi connectivity index (χ3v) is 3.77. The van der Waals surface area contributed by atoms with Crippen LogP contribution < -0.4 is 5.32 Å². The van der Waals surface area contributed by atoms with Gasteiger partial charge < -0.3 is 9.88 Å². The van der Waals surface area contributed by atoms with E-state index >= 15 is 0 Å². The molecular formula is C15H19N3. The average molecular weight is 241 g/mol. The monoisotopic (exact) mass is 241 g/mol. The first kappa shape index (κ1) is 11.5. The number of aryl methyl sites for hydroxylation is 2. The zero-order valence-electron chi connectivity index (χ0n) is 11.0. The first-order chi connectivity index (χ1) is 8.75. The molecule has 1 N–H and O–H groups in total. The van der Waals surface area contributed by atoms with Gasteiger partial charge >= 0.3 is 0 Å². The van der Waals surface area contributed by atoms with Gasteiger partial charge in [-0.1, -0.05) is 24.3 Å². The lowest BCUT2D eigenvalue weighted by Gasteiger charge is -2.16. The number of hydrogen-bond donors (Lipinski definition) is 1. The van der Waals surface area contributed by atoms with E-state index in [-0.39, 0.29) is 0 Å². The molecule has 0 spiro atoms. The average Bonchev–Trinajstić information content (AvgIpc) is 2.69. The van der Waals surface area contributed by atoms with Gasteiger partial charge in [0.25, 0.3) is 0 Å². The molecule has 3 nitrogen and oxygen atoms in total. The molecule has 3 heteroatoms. The summed E-state index contributed by atoms with van der Waals surface area (Å²) in [5.74, 6) is 1.13. The van der Waals surface area contributed by atoms with Gasteiger partial charge in [0.15, 0.2) is 0 Å². The summed E-state index contributed by atoms with van der Waals surface area (Å²) in [4.78, 5) is 4.68. The number of fused-ring (bicyclic) bond motifs is 1. The summed E-state index contributed by atoms with van der Waals surface area (Å²) in [6.07, 6.45) is 1.09. The fourth-order valence-electron chi connectivity index (χ4n) is 2.67. The topological polar surface area (TPSA) is 29.9 Å². The van der Waals surface area contributed by atoms with Crippen LogP contribution in [0.5, 0.6) is 0 Å². The van der Waals surface area contributed by atoms with Crippen LogP contribution in [0.25, 0.3) is 0 Å². The van der Waals surface area contributed by atoms with E-state index in [4.69, 9.17) is 0 Å². The molecule has 1 aliphatic heterocycles. The van der Waals surface area contributed by atoms with Crippen LogP contribution in [-0.4, -0.2) is 16.1 Å². The Hall–Kier alpha value is -1.61. The molecule has 3 rings (SSSR count). The van der Waals surface area contributed by atoms with Gasteiger partial charge in [0, 0.05) is 31.7 Å². The fourth-order valence-corrected chi connectivity index (χ4v) is 2.67. The maximum atomic E-state index is 4.68. The molecule has 1 aromatic heterocycles. The van der Waals surface area contributed by atoms with E-state index in [1.54, 1.807) is 0 Å². The molecule has 1 aliphatic rings. The molecule has 0 radical (unpaired) electrons. The Labute approximate surface area is 108 Å². The van der Waals surface area contributed by atoms with Gasteiger partial charge in [0.2, 0.25) is 0 Å². The Morgan fingerprint density at radius 2 is 2.11 bits per heavy atom. The molecule has 2 aromatic rings. The second-order valence-electron chi connectivity index (χ2n) is 4.99. The molecular weight excluding hydrogens is 222 g/mol. The van der Waals surface area contributed by atoms with E-state index in [0.29, 0.717) is 0 Å². The van der Waals surface area contributed by atoms with E-state index in [1.165, 1.54) is 22.5 Å². The summed E-state index contributed by atoms with van der Waals surface area (Å²) in [5.41, 5.74) is 5.38. The van der Waals surface area contributed by atoms with Crippen molar-refractivity contribution in [3.63, 3.8) is 0 Å². The van der Waals surface area contributed by atoms with Crippen LogP contribution in [0.1, 0.15) is 28.3 Å². The predicted octanol–water partition coefficient (Wildman–Crippen LogP) is 2.19. The van der Waals surface area contributed by atoms with E-state index in [0.717, 1.165) is 31.9 Å². The molecule has 0 fully saturated rings. The molecule has 0 amide bonds. The van der Waals surface area contributed by atoms with E-state index in [2.05, 4.69) is 53.0 Å². The van der Waals surface area contributed by atoms with Crippen LogP contribution in [0.3, 0.4) is 0 Å². The summed E-state index contributed by atoms with van der Waals surface area (Å²) in [7, 11) is 0. The SMILES string of the molecule is Cc1ccccc1Cn1c(C)nc2c1CCNC2. The minimum absolute atomic E-state index is 0.914. The summed E-state index contributed by atoms with van der Waals surface area (Å²) >= 11 is 0. The van der Waals surface area contributed by atoms with E-state index in [1.807, 2.05) is 0 Å². The number of nitrogens with zero attached hydrogens (tertiary/aromatic N) is 2. The van der Waals surface area contributed by atoms with Crippen molar-refractivity contribution >= 4 is 0 Å². The van der Waals surface area contributed by atoms with Crippen molar-refractivity contribution in [2.24, 2.45) is 0 Å². The Morgan fingerprint density at radius 3 is 2.94 bits per heavy atom. The highest BCUT2D eigenvalue weighted by molar-refractivity contribution is 5.28. The molecule has 0 bridgehead atoms. The third kappa shape index (κ3) is 1.95. The van der Waals surface area contributed by atoms with Crippen LogP contribution in [0.15, 0.2) is 24.3 Å². The Bertz CT molecular complexity index is 569. The predicted molar refractivity (Wildman–Crippen MR) is 72.7 cm³/mol. The van der Waals surface area contributed by atoms with Gasteiger partial charge in [-0.15, -0.1) is 0 Å². The van der Waals surface area contributed by atoms with Crippen LogP contribution in [0.4, 0.5) is 0 Å². The molecule has 94 valence electrons. The largest absolute Gasteiger partial charge is 0.327 e. The normalized spacial score (nSPS) is 14.6.